The van der Waals surface area contributed by atoms with Crippen LogP contribution in [0.1, 0.15) is 70.8 Å². The van der Waals surface area contributed by atoms with Crippen molar-refractivity contribution in [1.82, 2.24) is 0 Å². The van der Waals surface area contributed by atoms with Crippen molar-refractivity contribution in [2.75, 3.05) is 9.80 Å². The van der Waals surface area contributed by atoms with E-state index in [0.717, 1.165) is 45.3 Å². The molecule has 0 saturated heterocycles. The van der Waals surface area contributed by atoms with Gasteiger partial charge in [0.05, 0.1) is 0 Å². The van der Waals surface area contributed by atoms with E-state index in [9.17, 15) is 0 Å². The van der Waals surface area contributed by atoms with Gasteiger partial charge in [0.15, 0.2) is 0 Å². The van der Waals surface area contributed by atoms with Crippen LogP contribution >= 0.6 is 0 Å². The van der Waals surface area contributed by atoms with E-state index in [4.69, 9.17) is 0 Å². The Kier molecular flexibility index (Phi) is 16.5. The lowest BCUT2D eigenvalue weighted by Crippen LogP contribution is -2.10. The second-order valence-corrected chi connectivity index (χ2v) is 25.0. The monoisotopic (exact) mass is 1160 g/mol. The maximum Gasteiger partial charge on any atom is 0.0462 e. The summed E-state index contributed by atoms with van der Waals surface area (Å²) in [7, 11) is 0. The lowest BCUT2D eigenvalue weighted by Gasteiger charge is -2.25. The molecule has 0 amide bonds. The lowest BCUT2D eigenvalue weighted by molar-refractivity contribution is 0.591. The molecule has 0 fully saturated rings. The first-order chi connectivity index (χ1) is 43.8. The van der Waals surface area contributed by atoms with Crippen molar-refractivity contribution < 1.29 is 0 Å². The van der Waals surface area contributed by atoms with Crippen LogP contribution in [0.25, 0.3) is 89.6 Å². The van der Waals surface area contributed by atoms with Gasteiger partial charge in [0, 0.05) is 34.1 Å². The Hall–Kier alpha value is -10.8. The van der Waals surface area contributed by atoms with Crippen LogP contribution in [0.2, 0.25) is 0 Å². The standard InChI is InChI=1S/C50H44N2.C38H30/c1-37-5-25-45(26-6-37)51(46-27-7-38(2)8-28-46)49-33-21-43(22-34-49)19-17-41-13-15-42(16-14-41)18-20-44-23-35-50(36-24-44)52(47-29-9-39(3)10-30-47)48-31-11-40(4)12-32-48;1-38(2,3)31-20-21-34-35(24-31)37(30-19-17-26-11-5-7-13-28(26)23-30)33-15-9-8-14-32(33)36(34)29-18-16-25-10-4-6-12-27(25)22-29/h5-36H,1-4H3;4-24H,1-3H3/b19-17+,20-18+;. The van der Waals surface area contributed by atoms with Gasteiger partial charge >= 0.3 is 0 Å². The van der Waals surface area contributed by atoms with Crippen LogP contribution in [0.3, 0.4) is 0 Å². The summed E-state index contributed by atoms with van der Waals surface area (Å²) in [6.07, 6.45) is 8.70. The minimum absolute atomic E-state index is 0.0591. The van der Waals surface area contributed by atoms with Crippen LogP contribution in [0.5, 0.6) is 0 Å². The Balaban J connectivity index is 0.000000173. The van der Waals surface area contributed by atoms with E-state index in [0.29, 0.717) is 0 Å². The average Bonchev–Trinajstić information content (AvgIpc) is 0.796. The fourth-order valence-electron chi connectivity index (χ4n) is 12.2. The summed E-state index contributed by atoms with van der Waals surface area (Å²) in [5, 5.41) is 10.3. The molecular formula is C88H74N2. The van der Waals surface area contributed by atoms with E-state index in [2.05, 4.69) is 380 Å². The SMILES string of the molecule is CC(C)(C)c1ccc2c(-c3ccc4ccccc4c3)c3ccccc3c(-c3ccc4ccccc4c3)c2c1.Cc1ccc(N(c2ccc(C)cc2)c2ccc(/C=C/c3ccc(/C=C/c4ccc(N(c5ccc(C)cc5)c5ccc(C)cc5)cc4)cc3)cc2)cc1. The zero-order valence-corrected chi connectivity index (χ0v) is 52.5. The van der Waals surface area contributed by atoms with Gasteiger partial charge in [0.2, 0.25) is 0 Å². The fraction of sp³-hybridized carbons (Fsp3) is 0.0909. The average molecular weight is 1160 g/mol. The Labute approximate surface area is 531 Å². The van der Waals surface area contributed by atoms with Crippen molar-refractivity contribution in [2.45, 2.75) is 53.9 Å². The van der Waals surface area contributed by atoms with Crippen molar-refractivity contribution in [3.8, 4) is 22.3 Å². The molecule has 0 atom stereocenters. The molecular weight excluding hydrogens is 1080 g/mol. The van der Waals surface area contributed by atoms with Crippen molar-refractivity contribution in [3.63, 3.8) is 0 Å². The molecule has 0 saturated carbocycles. The van der Waals surface area contributed by atoms with Crippen LogP contribution in [-0.4, -0.2) is 0 Å². The summed E-state index contributed by atoms with van der Waals surface area (Å²) in [6, 6.07) is 108. The van der Waals surface area contributed by atoms with Gasteiger partial charge in [-0.2, -0.15) is 0 Å². The van der Waals surface area contributed by atoms with Gasteiger partial charge in [0.1, 0.15) is 0 Å². The molecule has 0 bridgehead atoms. The van der Waals surface area contributed by atoms with Crippen molar-refractivity contribution in [3.05, 3.63) is 347 Å². The molecule has 0 unspecified atom stereocenters. The third-order valence-electron chi connectivity index (χ3n) is 17.3. The van der Waals surface area contributed by atoms with E-state index in [-0.39, 0.29) is 5.41 Å². The van der Waals surface area contributed by atoms with Gasteiger partial charge in [-0.05, 0) is 217 Å². The number of hydrogen-bond acceptors (Lipinski definition) is 2. The number of nitrogens with zero attached hydrogens (tertiary/aromatic N) is 2. The fourth-order valence-corrected chi connectivity index (χ4v) is 12.2. The number of aryl methyl sites for hydroxylation is 4. The quantitative estimate of drug-likeness (QED) is 0.0889. The highest BCUT2D eigenvalue weighted by molar-refractivity contribution is 6.22. The van der Waals surface area contributed by atoms with Gasteiger partial charge in [-0.3, -0.25) is 0 Å². The molecule has 0 aliphatic rings. The Morgan fingerprint density at radius 3 is 0.856 bits per heavy atom. The molecule has 0 aliphatic carbocycles. The Morgan fingerprint density at radius 1 is 0.244 bits per heavy atom. The van der Waals surface area contributed by atoms with E-state index >= 15 is 0 Å². The third-order valence-corrected chi connectivity index (χ3v) is 17.3. The molecule has 0 aromatic heterocycles. The summed E-state index contributed by atoms with van der Waals surface area (Å²) < 4.78 is 0. The minimum Gasteiger partial charge on any atom is -0.311 e. The molecule has 436 valence electrons. The number of benzene rings is 14. The maximum absolute atomic E-state index is 2.44. The number of hydrogen-bond donors (Lipinski definition) is 0. The molecule has 90 heavy (non-hydrogen) atoms. The zero-order chi connectivity index (χ0) is 61.7. The smallest absolute Gasteiger partial charge is 0.0462 e. The van der Waals surface area contributed by atoms with Gasteiger partial charge in [0.25, 0.3) is 0 Å². The molecule has 0 N–H and O–H groups in total. The first-order valence-corrected chi connectivity index (χ1v) is 31.4. The summed E-state index contributed by atoms with van der Waals surface area (Å²) in [6.45, 7) is 15.4. The lowest BCUT2D eigenvalue weighted by atomic mass is 9.81. The number of rotatable bonds is 12. The summed E-state index contributed by atoms with van der Waals surface area (Å²) in [5.74, 6) is 0. The number of anilines is 6. The van der Waals surface area contributed by atoms with E-state index < -0.39 is 0 Å². The van der Waals surface area contributed by atoms with Crippen LogP contribution in [0.15, 0.2) is 297 Å². The zero-order valence-electron chi connectivity index (χ0n) is 52.5. The number of fused-ring (bicyclic) bond motifs is 4. The van der Waals surface area contributed by atoms with Crippen LogP contribution < -0.4 is 9.80 Å². The Morgan fingerprint density at radius 2 is 0.522 bits per heavy atom. The maximum atomic E-state index is 2.44. The highest BCUT2D eigenvalue weighted by Crippen LogP contribution is 2.46. The normalized spacial score (nSPS) is 11.6. The second kappa shape index (κ2) is 25.5. The second-order valence-electron chi connectivity index (χ2n) is 25.0. The van der Waals surface area contributed by atoms with Crippen molar-refractivity contribution in [2.24, 2.45) is 0 Å². The summed E-state index contributed by atoms with van der Waals surface area (Å²) >= 11 is 0. The summed E-state index contributed by atoms with van der Waals surface area (Å²) in [4.78, 5) is 4.61. The first kappa shape index (κ1) is 58.2. The molecule has 0 spiro atoms. The van der Waals surface area contributed by atoms with Crippen molar-refractivity contribution >= 4 is 102 Å². The molecule has 0 heterocycles. The third kappa shape index (κ3) is 12.8. The highest BCUT2D eigenvalue weighted by atomic mass is 15.1. The van der Waals surface area contributed by atoms with E-state index in [1.807, 2.05) is 0 Å². The molecule has 2 heteroatoms. The van der Waals surface area contributed by atoms with Gasteiger partial charge in [-0.25, -0.2) is 0 Å². The van der Waals surface area contributed by atoms with Crippen LogP contribution in [0, 0.1) is 27.7 Å². The van der Waals surface area contributed by atoms with Gasteiger partial charge < -0.3 is 9.80 Å². The summed E-state index contributed by atoms with van der Waals surface area (Å²) in [5.41, 5.74) is 23.1. The Bertz CT molecular complexity index is 4630. The van der Waals surface area contributed by atoms with Crippen LogP contribution in [-0.2, 0) is 5.41 Å². The van der Waals surface area contributed by atoms with Gasteiger partial charge in [-0.15, -0.1) is 0 Å². The largest absolute Gasteiger partial charge is 0.311 e. The molecule has 14 rings (SSSR count). The minimum atomic E-state index is 0.0591. The molecule has 2 nitrogen and oxygen atoms in total. The molecule has 0 radical (unpaired) electrons. The predicted octanol–water partition coefficient (Wildman–Crippen LogP) is 25.1. The van der Waals surface area contributed by atoms with Gasteiger partial charge in [-0.1, -0.05) is 274 Å². The first-order valence-electron chi connectivity index (χ1n) is 31.4. The van der Waals surface area contributed by atoms with E-state index in [1.54, 1.807) is 0 Å². The van der Waals surface area contributed by atoms with Crippen LogP contribution in [0.4, 0.5) is 34.1 Å². The highest BCUT2D eigenvalue weighted by Gasteiger charge is 2.21. The van der Waals surface area contributed by atoms with E-state index in [1.165, 1.54) is 104 Å². The predicted molar refractivity (Wildman–Crippen MR) is 392 cm³/mol. The molecule has 14 aromatic rings. The topological polar surface area (TPSA) is 6.48 Å². The molecule has 14 aromatic carbocycles. The molecule has 0 aliphatic heterocycles. The van der Waals surface area contributed by atoms with Crippen molar-refractivity contribution in [1.29, 1.82) is 0 Å².